The van der Waals surface area contributed by atoms with Crippen LogP contribution in [0.25, 0.3) is 0 Å². The average molecular weight is 301 g/mol. The topological polar surface area (TPSA) is 50.9 Å². The highest BCUT2D eigenvalue weighted by Crippen LogP contribution is 2.27. The Balaban J connectivity index is 2.33. The maximum Gasteiger partial charge on any atom is 0.133 e. The Labute approximate surface area is 118 Å². The quantitative estimate of drug-likeness (QED) is 0.674. The first-order chi connectivity index (χ1) is 9.42. The predicted molar refractivity (Wildman–Crippen MR) is 71.7 cm³/mol. The van der Waals surface area contributed by atoms with Crippen LogP contribution < -0.4 is 11.3 Å². The predicted octanol–water partition coefficient (Wildman–Crippen LogP) is 2.92. The SMILES string of the molecule is Cc1nc(CC(NN)c2c(F)cc(F)cc2F)sc1C. The molecule has 0 bridgehead atoms. The van der Waals surface area contributed by atoms with Crippen LogP contribution in [0.4, 0.5) is 13.2 Å². The summed E-state index contributed by atoms with van der Waals surface area (Å²) >= 11 is 1.44. The number of halogens is 3. The van der Waals surface area contributed by atoms with Gasteiger partial charge < -0.3 is 0 Å². The molecule has 0 amide bonds. The molecular formula is C13H14F3N3S. The number of nitrogens with two attached hydrogens (primary N) is 1. The van der Waals surface area contributed by atoms with Crippen LogP contribution in [-0.2, 0) is 6.42 Å². The summed E-state index contributed by atoms with van der Waals surface area (Å²) in [5.74, 6) is 2.49. The summed E-state index contributed by atoms with van der Waals surface area (Å²) in [7, 11) is 0. The highest BCUT2D eigenvalue weighted by atomic mass is 32.1. The van der Waals surface area contributed by atoms with Crippen molar-refractivity contribution in [3.05, 3.63) is 50.7 Å². The van der Waals surface area contributed by atoms with Gasteiger partial charge in [-0.3, -0.25) is 11.3 Å². The van der Waals surface area contributed by atoms with E-state index >= 15 is 0 Å². The van der Waals surface area contributed by atoms with Crippen molar-refractivity contribution < 1.29 is 13.2 Å². The molecule has 0 saturated carbocycles. The summed E-state index contributed by atoms with van der Waals surface area (Å²) in [6.07, 6.45) is 0.231. The lowest BCUT2D eigenvalue weighted by molar-refractivity contribution is 0.461. The summed E-state index contributed by atoms with van der Waals surface area (Å²) in [6.45, 7) is 3.78. The molecule has 108 valence electrons. The highest BCUT2D eigenvalue weighted by Gasteiger charge is 2.22. The van der Waals surface area contributed by atoms with E-state index in [2.05, 4.69) is 10.4 Å². The van der Waals surface area contributed by atoms with Gasteiger partial charge in [0.2, 0.25) is 0 Å². The van der Waals surface area contributed by atoms with Crippen LogP contribution in [0.2, 0.25) is 0 Å². The second kappa shape index (κ2) is 5.90. The summed E-state index contributed by atoms with van der Waals surface area (Å²) in [4.78, 5) is 5.34. The van der Waals surface area contributed by atoms with Crippen LogP contribution in [0.15, 0.2) is 12.1 Å². The monoisotopic (exact) mass is 301 g/mol. The largest absolute Gasteiger partial charge is 0.271 e. The van der Waals surface area contributed by atoms with E-state index in [1.54, 1.807) is 0 Å². The fourth-order valence-electron chi connectivity index (χ4n) is 1.93. The van der Waals surface area contributed by atoms with E-state index in [9.17, 15) is 13.2 Å². The molecule has 1 unspecified atom stereocenters. The lowest BCUT2D eigenvalue weighted by Gasteiger charge is -2.16. The molecule has 3 nitrogen and oxygen atoms in total. The standard InChI is InChI=1S/C13H14F3N3S/c1-6-7(2)20-12(18-6)5-11(19-17)13-9(15)3-8(14)4-10(13)16/h3-4,11,19H,5,17H2,1-2H3. The number of thiazole rings is 1. The summed E-state index contributed by atoms with van der Waals surface area (Å²) < 4.78 is 40.4. The number of aromatic nitrogens is 1. The molecular weight excluding hydrogens is 287 g/mol. The van der Waals surface area contributed by atoms with E-state index in [4.69, 9.17) is 5.84 Å². The van der Waals surface area contributed by atoms with Gasteiger partial charge in [-0.2, -0.15) is 0 Å². The number of benzene rings is 1. The van der Waals surface area contributed by atoms with E-state index in [1.165, 1.54) is 11.3 Å². The molecule has 0 spiro atoms. The number of hydrogen-bond acceptors (Lipinski definition) is 4. The second-order valence-corrected chi connectivity index (χ2v) is 5.74. The van der Waals surface area contributed by atoms with Crippen LogP contribution in [0, 0.1) is 31.3 Å². The van der Waals surface area contributed by atoms with Crippen molar-refractivity contribution in [2.24, 2.45) is 5.84 Å². The molecule has 0 aliphatic rings. The van der Waals surface area contributed by atoms with Crippen molar-refractivity contribution in [2.45, 2.75) is 26.3 Å². The van der Waals surface area contributed by atoms with Gasteiger partial charge >= 0.3 is 0 Å². The lowest BCUT2D eigenvalue weighted by atomic mass is 10.0. The Morgan fingerprint density at radius 1 is 1.25 bits per heavy atom. The van der Waals surface area contributed by atoms with Gasteiger partial charge in [0.25, 0.3) is 0 Å². The third-order valence-corrected chi connectivity index (χ3v) is 4.14. The van der Waals surface area contributed by atoms with E-state index in [0.717, 1.165) is 10.6 Å². The average Bonchev–Trinajstić information content (AvgIpc) is 2.65. The van der Waals surface area contributed by atoms with Gasteiger partial charge in [-0.15, -0.1) is 11.3 Å². The number of aryl methyl sites for hydroxylation is 2. The molecule has 1 heterocycles. The molecule has 2 rings (SSSR count). The normalized spacial score (nSPS) is 12.7. The van der Waals surface area contributed by atoms with Gasteiger partial charge in [0.05, 0.1) is 16.7 Å². The molecule has 0 aliphatic heterocycles. The summed E-state index contributed by atoms with van der Waals surface area (Å²) in [5, 5.41) is 0.714. The molecule has 1 atom stereocenters. The summed E-state index contributed by atoms with van der Waals surface area (Å²) in [5.41, 5.74) is 2.96. The van der Waals surface area contributed by atoms with Crippen molar-refractivity contribution in [1.82, 2.24) is 10.4 Å². The maximum atomic E-state index is 13.7. The van der Waals surface area contributed by atoms with Crippen molar-refractivity contribution in [3.8, 4) is 0 Å². The zero-order valence-electron chi connectivity index (χ0n) is 11.0. The van der Waals surface area contributed by atoms with Crippen LogP contribution in [-0.4, -0.2) is 4.98 Å². The molecule has 3 N–H and O–H groups in total. The molecule has 2 aromatic rings. The van der Waals surface area contributed by atoms with Crippen molar-refractivity contribution >= 4 is 11.3 Å². The van der Waals surface area contributed by atoms with Gasteiger partial charge in [0.1, 0.15) is 17.5 Å². The van der Waals surface area contributed by atoms with Crippen molar-refractivity contribution in [3.63, 3.8) is 0 Å². The van der Waals surface area contributed by atoms with Gasteiger partial charge in [0, 0.05) is 29.0 Å². The highest BCUT2D eigenvalue weighted by molar-refractivity contribution is 7.11. The molecule has 1 aromatic carbocycles. The number of nitrogens with one attached hydrogen (secondary N) is 1. The molecule has 0 radical (unpaired) electrons. The molecule has 0 aliphatic carbocycles. The molecule has 7 heteroatoms. The van der Waals surface area contributed by atoms with Gasteiger partial charge in [-0.1, -0.05) is 0 Å². The van der Waals surface area contributed by atoms with E-state index in [1.807, 2.05) is 13.8 Å². The molecule has 20 heavy (non-hydrogen) atoms. The Morgan fingerprint density at radius 3 is 2.30 bits per heavy atom. The van der Waals surface area contributed by atoms with E-state index < -0.39 is 23.5 Å². The molecule has 1 aromatic heterocycles. The Hall–Kier alpha value is -1.44. The van der Waals surface area contributed by atoms with Crippen LogP contribution in [0.3, 0.4) is 0 Å². The first-order valence-electron chi connectivity index (χ1n) is 5.95. The van der Waals surface area contributed by atoms with E-state index in [0.29, 0.717) is 17.1 Å². The van der Waals surface area contributed by atoms with Gasteiger partial charge in [-0.25, -0.2) is 18.2 Å². The van der Waals surface area contributed by atoms with Gasteiger partial charge in [0.15, 0.2) is 0 Å². The van der Waals surface area contributed by atoms with Crippen LogP contribution >= 0.6 is 11.3 Å². The smallest absolute Gasteiger partial charge is 0.133 e. The van der Waals surface area contributed by atoms with Crippen LogP contribution in [0.1, 0.15) is 27.2 Å². The Morgan fingerprint density at radius 2 is 1.85 bits per heavy atom. The zero-order chi connectivity index (χ0) is 14.9. The Bertz CT molecular complexity index is 585. The van der Waals surface area contributed by atoms with Crippen molar-refractivity contribution in [2.75, 3.05) is 0 Å². The van der Waals surface area contributed by atoms with E-state index in [-0.39, 0.29) is 12.0 Å². The lowest BCUT2D eigenvalue weighted by Crippen LogP contribution is -2.31. The fraction of sp³-hybridized carbons (Fsp3) is 0.308. The number of rotatable bonds is 4. The minimum Gasteiger partial charge on any atom is -0.271 e. The van der Waals surface area contributed by atoms with Crippen molar-refractivity contribution in [1.29, 1.82) is 0 Å². The summed E-state index contributed by atoms with van der Waals surface area (Å²) in [6, 6.07) is 0.475. The first-order valence-corrected chi connectivity index (χ1v) is 6.77. The second-order valence-electron chi connectivity index (χ2n) is 4.46. The first kappa shape index (κ1) is 15.0. The zero-order valence-corrected chi connectivity index (χ0v) is 11.8. The van der Waals surface area contributed by atoms with Gasteiger partial charge in [-0.05, 0) is 13.8 Å². The molecule has 0 fully saturated rings. The van der Waals surface area contributed by atoms with Crippen LogP contribution in [0.5, 0.6) is 0 Å². The minimum atomic E-state index is -0.963. The number of nitrogens with zero attached hydrogens (tertiary/aromatic N) is 1. The Kier molecular flexibility index (Phi) is 4.42. The third kappa shape index (κ3) is 3.00. The minimum absolute atomic E-state index is 0.231. The number of hydrazine groups is 1. The number of hydrogen-bond donors (Lipinski definition) is 2. The molecule has 0 saturated heterocycles. The fourth-order valence-corrected chi connectivity index (χ4v) is 2.91. The maximum absolute atomic E-state index is 13.7. The third-order valence-electron chi connectivity index (χ3n) is 3.05.